The van der Waals surface area contributed by atoms with Gasteiger partial charge in [-0.3, -0.25) is 9.59 Å². The van der Waals surface area contributed by atoms with Crippen LogP contribution in [0.3, 0.4) is 0 Å². The van der Waals surface area contributed by atoms with Gasteiger partial charge in [-0.25, -0.2) is 8.78 Å². The van der Waals surface area contributed by atoms with Crippen LogP contribution in [0.15, 0.2) is 48.5 Å². The number of nitrogens with one attached hydrogen (secondary N) is 2. The molecule has 0 aliphatic carbocycles. The minimum absolute atomic E-state index is 0.131. The highest BCUT2D eigenvalue weighted by atomic mass is 35.5. The lowest BCUT2D eigenvalue weighted by Crippen LogP contribution is -2.38. The summed E-state index contributed by atoms with van der Waals surface area (Å²) in [5.74, 6) is -3.25. The van der Waals surface area contributed by atoms with Gasteiger partial charge in [0.1, 0.15) is 6.04 Å². The van der Waals surface area contributed by atoms with Crippen LogP contribution in [0.4, 0.5) is 8.78 Å². The quantitative estimate of drug-likeness (QED) is 0.800. The average molecular weight is 365 g/mol. The molecule has 0 spiro atoms. The Morgan fingerprint density at radius 1 is 1.08 bits per heavy atom. The predicted octanol–water partition coefficient (Wildman–Crippen LogP) is 3.23. The number of hydrogen-bond acceptors (Lipinski definition) is 2. The molecule has 0 heterocycles. The predicted molar refractivity (Wildman–Crippen MR) is 91.8 cm³/mol. The molecule has 0 fully saturated rings. The third-order valence-corrected chi connectivity index (χ3v) is 3.62. The molecule has 2 N–H and O–H groups in total. The summed E-state index contributed by atoms with van der Waals surface area (Å²) in [4.78, 5) is 24.0. The molecule has 2 amide bonds. The Morgan fingerprint density at radius 3 is 2.36 bits per heavy atom. The van der Waals surface area contributed by atoms with Crippen molar-refractivity contribution >= 4 is 29.5 Å². The second-order valence-corrected chi connectivity index (χ2v) is 5.55. The Bertz CT molecular complexity index is 807. The molecule has 2 aromatic rings. The van der Waals surface area contributed by atoms with Crippen LogP contribution in [0.5, 0.6) is 0 Å². The van der Waals surface area contributed by atoms with Crippen molar-refractivity contribution in [1.82, 2.24) is 10.6 Å². The van der Waals surface area contributed by atoms with E-state index in [2.05, 4.69) is 10.6 Å². The Kier molecular flexibility index (Phi) is 6.25. The molecule has 1 atom stereocenters. The van der Waals surface area contributed by atoms with Crippen LogP contribution in [0.2, 0.25) is 5.02 Å². The normalized spacial score (nSPS) is 12.0. The van der Waals surface area contributed by atoms with E-state index in [9.17, 15) is 18.4 Å². The fraction of sp³-hybridized carbons (Fsp3) is 0.111. The molecular weight excluding hydrogens is 350 g/mol. The van der Waals surface area contributed by atoms with Crippen molar-refractivity contribution in [3.8, 4) is 0 Å². The highest BCUT2D eigenvalue weighted by Gasteiger charge is 2.22. The molecular formula is C18H15ClF2N2O2. The molecule has 0 radical (unpaired) electrons. The summed E-state index contributed by atoms with van der Waals surface area (Å²) in [7, 11) is 1.38. The zero-order chi connectivity index (χ0) is 18.4. The zero-order valence-electron chi connectivity index (χ0n) is 13.2. The van der Waals surface area contributed by atoms with Crippen LogP contribution in [-0.2, 0) is 9.59 Å². The van der Waals surface area contributed by atoms with E-state index in [0.29, 0.717) is 5.02 Å². The zero-order valence-corrected chi connectivity index (χ0v) is 14.0. The van der Waals surface area contributed by atoms with E-state index in [1.807, 2.05) is 0 Å². The number of hydrogen-bond donors (Lipinski definition) is 2. The minimum Gasteiger partial charge on any atom is -0.357 e. The SMILES string of the molecule is CNC(=O)C(NC(=O)C=Cc1ccc(Cl)cc1)c1ccc(F)c(F)c1. The average Bonchev–Trinajstić information content (AvgIpc) is 2.61. The second-order valence-electron chi connectivity index (χ2n) is 5.11. The number of likely N-dealkylation sites (N-methyl/N-ethyl adjacent to an activating group) is 1. The molecule has 2 aromatic carbocycles. The summed E-state index contributed by atoms with van der Waals surface area (Å²) >= 11 is 5.78. The minimum atomic E-state index is -1.15. The van der Waals surface area contributed by atoms with Crippen molar-refractivity contribution in [3.63, 3.8) is 0 Å². The van der Waals surface area contributed by atoms with Crippen molar-refractivity contribution in [2.45, 2.75) is 6.04 Å². The Balaban J connectivity index is 2.16. The van der Waals surface area contributed by atoms with Gasteiger partial charge in [-0.15, -0.1) is 0 Å². The summed E-state index contributed by atoms with van der Waals surface area (Å²) in [6.07, 6.45) is 2.77. The van der Waals surface area contributed by atoms with Gasteiger partial charge in [-0.1, -0.05) is 29.8 Å². The van der Waals surface area contributed by atoms with Crippen molar-refractivity contribution in [2.24, 2.45) is 0 Å². The van der Waals surface area contributed by atoms with Gasteiger partial charge in [-0.05, 0) is 41.5 Å². The van der Waals surface area contributed by atoms with Gasteiger partial charge in [0.2, 0.25) is 11.8 Å². The van der Waals surface area contributed by atoms with Crippen LogP contribution in [-0.4, -0.2) is 18.9 Å². The third-order valence-electron chi connectivity index (χ3n) is 3.37. The van der Waals surface area contributed by atoms with Crippen molar-refractivity contribution in [1.29, 1.82) is 0 Å². The monoisotopic (exact) mass is 364 g/mol. The number of benzene rings is 2. The van der Waals surface area contributed by atoms with E-state index in [1.54, 1.807) is 24.3 Å². The van der Waals surface area contributed by atoms with Crippen LogP contribution >= 0.6 is 11.6 Å². The molecule has 0 saturated heterocycles. The van der Waals surface area contributed by atoms with Gasteiger partial charge in [0.15, 0.2) is 11.6 Å². The molecule has 0 aliphatic rings. The number of carbonyl (C=O) groups is 2. The van der Waals surface area contributed by atoms with Crippen molar-refractivity contribution in [2.75, 3.05) is 7.05 Å². The lowest BCUT2D eigenvalue weighted by molar-refractivity contribution is -0.126. The number of halogens is 3. The van der Waals surface area contributed by atoms with E-state index in [1.165, 1.54) is 25.3 Å². The molecule has 0 aromatic heterocycles. The summed E-state index contributed by atoms with van der Waals surface area (Å²) in [5.41, 5.74) is 0.871. The number of amides is 2. The molecule has 25 heavy (non-hydrogen) atoms. The highest BCUT2D eigenvalue weighted by molar-refractivity contribution is 6.30. The summed E-state index contributed by atoms with van der Waals surface area (Å²) in [6.45, 7) is 0. The summed E-state index contributed by atoms with van der Waals surface area (Å²) < 4.78 is 26.5. The first kappa shape index (κ1) is 18.6. The van der Waals surface area contributed by atoms with Gasteiger partial charge in [0.05, 0.1) is 0 Å². The first-order valence-corrected chi connectivity index (χ1v) is 7.69. The van der Waals surface area contributed by atoms with E-state index < -0.39 is 29.5 Å². The summed E-state index contributed by atoms with van der Waals surface area (Å²) in [5, 5.41) is 5.40. The molecule has 130 valence electrons. The Morgan fingerprint density at radius 2 is 1.76 bits per heavy atom. The lowest BCUT2D eigenvalue weighted by atomic mass is 10.1. The summed E-state index contributed by atoms with van der Waals surface area (Å²) in [6, 6.07) is 8.65. The fourth-order valence-electron chi connectivity index (χ4n) is 2.07. The molecule has 0 bridgehead atoms. The maximum Gasteiger partial charge on any atom is 0.246 e. The number of rotatable bonds is 5. The van der Waals surface area contributed by atoms with E-state index in [-0.39, 0.29) is 5.56 Å². The maximum atomic E-state index is 13.4. The highest BCUT2D eigenvalue weighted by Crippen LogP contribution is 2.17. The third kappa shape index (κ3) is 5.12. The van der Waals surface area contributed by atoms with Crippen LogP contribution in [0, 0.1) is 11.6 Å². The van der Waals surface area contributed by atoms with Crippen molar-refractivity contribution < 1.29 is 18.4 Å². The van der Waals surface area contributed by atoms with E-state index >= 15 is 0 Å². The molecule has 0 aliphatic heterocycles. The molecule has 7 heteroatoms. The largest absolute Gasteiger partial charge is 0.357 e. The van der Waals surface area contributed by atoms with E-state index in [4.69, 9.17) is 11.6 Å². The first-order valence-electron chi connectivity index (χ1n) is 7.31. The topological polar surface area (TPSA) is 58.2 Å². The maximum absolute atomic E-state index is 13.4. The van der Waals surface area contributed by atoms with Gasteiger partial charge in [0.25, 0.3) is 0 Å². The Hall–Kier alpha value is -2.73. The van der Waals surface area contributed by atoms with Crippen molar-refractivity contribution in [3.05, 3.63) is 76.3 Å². The van der Waals surface area contributed by atoms with Gasteiger partial charge < -0.3 is 10.6 Å². The molecule has 0 saturated carbocycles. The molecule has 2 rings (SSSR count). The Labute approximate surface area is 148 Å². The van der Waals surface area contributed by atoms with Gasteiger partial charge in [-0.2, -0.15) is 0 Å². The van der Waals surface area contributed by atoms with Crippen LogP contribution in [0.25, 0.3) is 6.08 Å². The van der Waals surface area contributed by atoms with Crippen LogP contribution < -0.4 is 10.6 Å². The standard InChI is InChI=1S/C18H15ClF2N2O2/c1-22-18(25)17(12-5-8-14(20)15(21)10-12)23-16(24)9-4-11-2-6-13(19)7-3-11/h2-10,17H,1H3,(H,22,25)(H,23,24). The number of carbonyl (C=O) groups excluding carboxylic acids is 2. The second kappa shape index (κ2) is 8.39. The molecule has 4 nitrogen and oxygen atoms in total. The van der Waals surface area contributed by atoms with Gasteiger partial charge in [0, 0.05) is 18.1 Å². The lowest BCUT2D eigenvalue weighted by Gasteiger charge is -2.17. The molecule has 1 unspecified atom stereocenters. The van der Waals surface area contributed by atoms with Gasteiger partial charge >= 0.3 is 0 Å². The fourth-order valence-corrected chi connectivity index (χ4v) is 2.20. The smallest absolute Gasteiger partial charge is 0.246 e. The van der Waals surface area contributed by atoms with Crippen LogP contribution in [0.1, 0.15) is 17.2 Å². The van der Waals surface area contributed by atoms with E-state index in [0.717, 1.165) is 17.7 Å². The first-order chi connectivity index (χ1) is 11.9.